The number of nitrogens with zero attached hydrogens (tertiary/aromatic N) is 1. The van der Waals surface area contributed by atoms with E-state index in [0.29, 0.717) is 5.69 Å². The Hall–Kier alpha value is -2.93. The van der Waals surface area contributed by atoms with Gasteiger partial charge in [-0.1, -0.05) is 18.2 Å². The molecule has 25 heavy (non-hydrogen) atoms. The number of phenols is 1. The van der Waals surface area contributed by atoms with Crippen LogP contribution < -0.4 is 4.74 Å². The molecule has 0 amide bonds. The van der Waals surface area contributed by atoms with E-state index in [4.69, 9.17) is 4.74 Å². The molecule has 1 N–H and O–H groups in total. The first-order chi connectivity index (χ1) is 11.8. The highest BCUT2D eigenvalue weighted by atomic mass is 32.2. The van der Waals surface area contributed by atoms with Crippen LogP contribution in [-0.2, 0) is 9.84 Å². The van der Waals surface area contributed by atoms with Crippen molar-refractivity contribution in [2.45, 2.75) is 4.90 Å². The van der Waals surface area contributed by atoms with Gasteiger partial charge in [-0.25, -0.2) is 17.8 Å². The number of phenolic OH excluding ortho intramolecular Hbond substituents is 1. The molecular weight excluding hydrogens is 345 g/mol. The third-order valence-electron chi connectivity index (χ3n) is 3.44. The van der Waals surface area contributed by atoms with Gasteiger partial charge in [0, 0.05) is 24.0 Å². The number of hydrogen-bond acceptors (Lipinski definition) is 5. The summed E-state index contributed by atoms with van der Waals surface area (Å²) in [5.41, 5.74) is 1.31. The van der Waals surface area contributed by atoms with E-state index in [-0.39, 0.29) is 16.5 Å². The Morgan fingerprint density at radius 2 is 1.76 bits per heavy atom. The van der Waals surface area contributed by atoms with Crippen molar-refractivity contribution in [3.05, 3.63) is 66.5 Å². The number of pyridine rings is 1. The number of sulfone groups is 1. The van der Waals surface area contributed by atoms with Gasteiger partial charge in [0.25, 0.3) is 0 Å². The first-order valence-electron chi connectivity index (χ1n) is 7.27. The zero-order chi connectivity index (χ0) is 18.0. The second-order valence-electron chi connectivity index (χ2n) is 5.37. The molecule has 0 saturated heterocycles. The quantitative estimate of drug-likeness (QED) is 0.767. The maximum Gasteiger partial charge on any atom is 0.219 e. The Morgan fingerprint density at radius 1 is 1.04 bits per heavy atom. The van der Waals surface area contributed by atoms with Crippen LogP contribution in [0.5, 0.6) is 17.4 Å². The fourth-order valence-corrected chi connectivity index (χ4v) is 2.81. The van der Waals surface area contributed by atoms with E-state index in [1.54, 1.807) is 30.3 Å². The van der Waals surface area contributed by atoms with Gasteiger partial charge in [0.15, 0.2) is 21.4 Å². The molecule has 0 aliphatic heterocycles. The number of aromatic hydroxyl groups is 1. The fraction of sp³-hybridized carbons (Fsp3) is 0.0556. The molecule has 0 atom stereocenters. The third kappa shape index (κ3) is 3.95. The molecular formula is C18H14FNO4S. The van der Waals surface area contributed by atoms with Crippen LogP contribution in [0, 0.1) is 5.82 Å². The number of hydrogen-bond donors (Lipinski definition) is 1. The second-order valence-corrected chi connectivity index (χ2v) is 7.39. The zero-order valence-corrected chi connectivity index (χ0v) is 14.0. The Morgan fingerprint density at radius 3 is 2.40 bits per heavy atom. The molecule has 128 valence electrons. The van der Waals surface area contributed by atoms with E-state index >= 15 is 0 Å². The molecule has 3 rings (SSSR count). The fourth-order valence-electron chi connectivity index (χ4n) is 2.18. The van der Waals surface area contributed by atoms with E-state index in [0.717, 1.165) is 24.0 Å². The van der Waals surface area contributed by atoms with Crippen LogP contribution in [-0.4, -0.2) is 24.8 Å². The van der Waals surface area contributed by atoms with Crippen LogP contribution in [0.25, 0.3) is 11.3 Å². The van der Waals surface area contributed by atoms with Crippen molar-refractivity contribution >= 4 is 9.84 Å². The van der Waals surface area contributed by atoms with E-state index in [1.165, 1.54) is 18.2 Å². The number of rotatable bonds is 4. The number of aromatic nitrogens is 1. The third-order valence-corrected chi connectivity index (χ3v) is 4.57. The van der Waals surface area contributed by atoms with Crippen LogP contribution in [0.15, 0.2) is 65.6 Å². The molecule has 0 aliphatic carbocycles. The summed E-state index contributed by atoms with van der Waals surface area (Å²) in [5.74, 6) is -0.739. The smallest absolute Gasteiger partial charge is 0.219 e. The van der Waals surface area contributed by atoms with Gasteiger partial charge in [-0.3, -0.25) is 0 Å². The normalized spacial score (nSPS) is 11.3. The van der Waals surface area contributed by atoms with Gasteiger partial charge < -0.3 is 9.84 Å². The average molecular weight is 359 g/mol. The Bertz CT molecular complexity index is 1020. The molecule has 5 nitrogen and oxygen atoms in total. The molecule has 2 aromatic carbocycles. The molecule has 0 fully saturated rings. The van der Waals surface area contributed by atoms with Crippen molar-refractivity contribution in [2.24, 2.45) is 0 Å². The van der Waals surface area contributed by atoms with E-state index < -0.39 is 21.4 Å². The molecule has 0 bridgehead atoms. The Labute approximate surface area is 144 Å². The lowest BCUT2D eigenvalue weighted by atomic mass is 10.1. The minimum Gasteiger partial charge on any atom is -0.505 e. The summed E-state index contributed by atoms with van der Waals surface area (Å²) in [4.78, 5) is 4.56. The first-order valence-corrected chi connectivity index (χ1v) is 9.16. The van der Waals surface area contributed by atoms with Crippen LogP contribution in [0.1, 0.15) is 0 Å². The van der Waals surface area contributed by atoms with Gasteiger partial charge in [0.05, 0.1) is 10.6 Å². The lowest BCUT2D eigenvalue weighted by Gasteiger charge is -2.08. The standard InChI is InChI=1S/C18H14FNO4S/c1-25(22,23)14-8-5-12(6-9-14)16-3-2-4-18(20-16)24-13-7-10-15(19)17(21)11-13/h2-11,21H,1H3. The van der Waals surface area contributed by atoms with Gasteiger partial charge in [0.1, 0.15) is 5.75 Å². The summed E-state index contributed by atoms with van der Waals surface area (Å²) >= 11 is 0. The van der Waals surface area contributed by atoms with E-state index in [2.05, 4.69) is 4.98 Å². The predicted octanol–water partition coefficient (Wildman–Crippen LogP) is 3.79. The summed E-state index contributed by atoms with van der Waals surface area (Å²) < 4.78 is 41.6. The van der Waals surface area contributed by atoms with Crippen molar-refractivity contribution < 1.29 is 22.7 Å². The summed E-state index contributed by atoms with van der Waals surface area (Å²) in [7, 11) is -3.26. The first kappa shape index (κ1) is 16.9. The predicted molar refractivity (Wildman–Crippen MR) is 90.9 cm³/mol. The molecule has 0 radical (unpaired) electrons. The maximum absolute atomic E-state index is 13.1. The summed E-state index contributed by atoms with van der Waals surface area (Å²) in [6.07, 6.45) is 1.15. The summed E-state index contributed by atoms with van der Waals surface area (Å²) in [5, 5.41) is 9.38. The van der Waals surface area contributed by atoms with Gasteiger partial charge >= 0.3 is 0 Å². The number of halogens is 1. The molecule has 7 heteroatoms. The zero-order valence-electron chi connectivity index (χ0n) is 13.2. The van der Waals surface area contributed by atoms with Gasteiger partial charge in [-0.15, -0.1) is 0 Å². The molecule has 1 heterocycles. The van der Waals surface area contributed by atoms with Crippen LogP contribution in [0.4, 0.5) is 4.39 Å². The lowest BCUT2D eigenvalue weighted by Crippen LogP contribution is -1.96. The molecule has 1 aromatic heterocycles. The highest BCUT2D eigenvalue weighted by Gasteiger charge is 2.09. The Balaban J connectivity index is 1.87. The molecule has 3 aromatic rings. The van der Waals surface area contributed by atoms with Gasteiger partial charge in [-0.2, -0.15) is 0 Å². The topological polar surface area (TPSA) is 76.5 Å². The summed E-state index contributed by atoms with van der Waals surface area (Å²) in [6.45, 7) is 0. The van der Waals surface area contributed by atoms with Gasteiger partial charge in [-0.05, 0) is 30.3 Å². The monoisotopic (exact) mass is 359 g/mol. The van der Waals surface area contributed by atoms with Crippen molar-refractivity contribution in [1.29, 1.82) is 0 Å². The van der Waals surface area contributed by atoms with Crippen molar-refractivity contribution in [3.8, 4) is 28.6 Å². The van der Waals surface area contributed by atoms with E-state index in [9.17, 15) is 17.9 Å². The lowest BCUT2D eigenvalue weighted by molar-refractivity contribution is 0.418. The summed E-state index contributed by atoms with van der Waals surface area (Å²) in [6, 6.07) is 15.1. The van der Waals surface area contributed by atoms with Crippen LogP contribution in [0.2, 0.25) is 0 Å². The minimum atomic E-state index is -3.26. The highest BCUT2D eigenvalue weighted by molar-refractivity contribution is 7.90. The molecule has 0 aliphatic rings. The SMILES string of the molecule is CS(=O)(=O)c1ccc(-c2cccc(Oc3ccc(F)c(O)c3)n2)cc1. The highest BCUT2D eigenvalue weighted by Crippen LogP contribution is 2.27. The number of benzene rings is 2. The van der Waals surface area contributed by atoms with Crippen molar-refractivity contribution in [3.63, 3.8) is 0 Å². The van der Waals surface area contributed by atoms with Crippen molar-refractivity contribution in [1.82, 2.24) is 4.98 Å². The molecule has 0 unspecified atom stereocenters. The van der Waals surface area contributed by atoms with E-state index in [1.807, 2.05) is 0 Å². The minimum absolute atomic E-state index is 0.227. The van der Waals surface area contributed by atoms with Crippen molar-refractivity contribution in [2.75, 3.05) is 6.26 Å². The molecule has 0 spiro atoms. The Kier molecular flexibility index (Phi) is 4.41. The average Bonchev–Trinajstić information content (AvgIpc) is 2.58. The molecule has 0 saturated carbocycles. The van der Waals surface area contributed by atoms with Crippen LogP contribution >= 0.6 is 0 Å². The second kappa shape index (κ2) is 6.52. The van der Waals surface area contributed by atoms with Crippen LogP contribution in [0.3, 0.4) is 0 Å². The maximum atomic E-state index is 13.1. The van der Waals surface area contributed by atoms with Gasteiger partial charge in [0.2, 0.25) is 5.88 Å². The number of ether oxygens (including phenoxy) is 1. The largest absolute Gasteiger partial charge is 0.505 e.